The van der Waals surface area contributed by atoms with Gasteiger partial charge in [0, 0.05) is 12.5 Å². The maximum Gasteiger partial charge on any atom is 0.189 e. The first-order valence-electron chi connectivity index (χ1n) is 4.20. The van der Waals surface area contributed by atoms with Crippen molar-refractivity contribution < 1.29 is 4.43 Å². The molecule has 0 saturated heterocycles. The van der Waals surface area contributed by atoms with Crippen molar-refractivity contribution in [3.05, 3.63) is 0 Å². The molecular formula is C8H19ClOSi. The highest BCUT2D eigenvalue weighted by atomic mass is 35.5. The Labute approximate surface area is 76.2 Å². The molecule has 0 aromatic rings. The predicted octanol–water partition coefficient (Wildman–Crippen LogP) is 3.25. The topological polar surface area (TPSA) is 9.23 Å². The Hall–Kier alpha value is 0.467. The third-order valence-electron chi connectivity index (χ3n) is 2.14. The van der Waals surface area contributed by atoms with Crippen molar-refractivity contribution in [1.82, 2.24) is 0 Å². The summed E-state index contributed by atoms with van der Waals surface area (Å²) in [6.45, 7) is 9.80. The standard InChI is InChI=1S/C8H19ClOSi/c1-8(2)11(3,4)10-7-5-6-9/h8H,5-7H2,1-4H3. The molecule has 68 valence electrons. The molecular weight excluding hydrogens is 176 g/mol. The molecule has 0 aliphatic rings. The van der Waals surface area contributed by atoms with Gasteiger partial charge in [0.15, 0.2) is 8.32 Å². The summed E-state index contributed by atoms with van der Waals surface area (Å²) in [4.78, 5) is 0. The third-order valence-corrected chi connectivity index (χ3v) is 6.14. The summed E-state index contributed by atoms with van der Waals surface area (Å²) < 4.78 is 5.79. The zero-order valence-corrected chi connectivity index (χ0v) is 9.74. The summed E-state index contributed by atoms with van der Waals surface area (Å²) in [5.41, 5.74) is 0.692. The van der Waals surface area contributed by atoms with Crippen molar-refractivity contribution in [2.45, 2.75) is 38.9 Å². The van der Waals surface area contributed by atoms with E-state index in [0.717, 1.165) is 13.0 Å². The van der Waals surface area contributed by atoms with E-state index in [1.807, 2.05) is 0 Å². The van der Waals surface area contributed by atoms with Crippen molar-refractivity contribution in [2.24, 2.45) is 0 Å². The zero-order valence-electron chi connectivity index (χ0n) is 7.98. The van der Waals surface area contributed by atoms with Gasteiger partial charge in [0.25, 0.3) is 0 Å². The molecule has 3 heteroatoms. The van der Waals surface area contributed by atoms with Crippen LogP contribution in [-0.2, 0) is 4.43 Å². The quantitative estimate of drug-likeness (QED) is 0.371. The molecule has 0 N–H and O–H groups in total. The molecule has 11 heavy (non-hydrogen) atoms. The number of hydrogen-bond donors (Lipinski definition) is 0. The first-order chi connectivity index (χ1) is 5.00. The average molecular weight is 195 g/mol. The lowest BCUT2D eigenvalue weighted by Crippen LogP contribution is -2.34. The fourth-order valence-corrected chi connectivity index (χ4v) is 1.67. The fourth-order valence-electron chi connectivity index (χ4n) is 0.556. The highest BCUT2D eigenvalue weighted by Gasteiger charge is 2.26. The number of alkyl halides is 1. The van der Waals surface area contributed by atoms with Crippen LogP contribution in [0.3, 0.4) is 0 Å². The van der Waals surface area contributed by atoms with E-state index in [1.165, 1.54) is 0 Å². The van der Waals surface area contributed by atoms with Gasteiger partial charge in [-0.15, -0.1) is 11.6 Å². The van der Waals surface area contributed by atoms with Crippen LogP contribution in [-0.4, -0.2) is 20.8 Å². The molecule has 0 aliphatic carbocycles. The first-order valence-corrected chi connectivity index (χ1v) is 7.72. The van der Waals surface area contributed by atoms with Gasteiger partial charge in [-0.2, -0.15) is 0 Å². The highest BCUT2D eigenvalue weighted by Crippen LogP contribution is 2.21. The van der Waals surface area contributed by atoms with E-state index in [0.29, 0.717) is 11.4 Å². The Kier molecular flexibility index (Phi) is 5.39. The monoisotopic (exact) mass is 194 g/mol. The molecule has 0 bridgehead atoms. The van der Waals surface area contributed by atoms with Crippen LogP contribution in [0.25, 0.3) is 0 Å². The number of hydrogen-bond acceptors (Lipinski definition) is 1. The van der Waals surface area contributed by atoms with E-state index in [9.17, 15) is 0 Å². The van der Waals surface area contributed by atoms with E-state index in [2.05, 4.69) is 26.9 Å². The lowest BCUT2D eigenvalue weighted by atomic mass is 10.5. The van der Waals surface area contributed by atoms with Crippen molar-refractivity contribution in [3.8, 4) is 0 Å². The molecule has 0 aromatic carbocycles. The van der Waals surface area contributed by atoms with E-state index in [-0.39, 0.29) is 0 Å². The van der Waals surface area contributed by atoms with Gasteiger partial charge in [0.2, 0.25) is 0 Å². The Morgan fingerprint density at radius 2 is 1.91 bits per heavy atom. The largest absolute Gasteiger partial charge is 0.417 e. The van der Waals surface area contributed by atoms with Crippen molar-refractivity contribution in [3.63, 3.8) is 0 Å². The van der Waals surface area contributed by atoms with Crippen molar-refractivity contribution in [2.75, 3.05) is 12.5 Å². The van der Waals surface area contributed by atoms with Gasteiger partial charge in [0.1, 0.15) is 0 Å². The summed E-state index contributed by atoms with van der Waals surface area (Å²) in [6, 6.07) is 0. The molecule has 0 unspecified atom stereocenters. The predicted molar refractivity (Wildman–Crippen MR) is 53.9 cm³/mol. The minimum atomic E-state index is -1.38. The van der Waals surface area contributed by atoms with Crippen LogP contribution < -0.4 is 0 Å². The second-order valence-corrected chi connectivity index (χ2v) is 8.68. The van der Waals surface area contributed by atoms with Gasteiger partial charge < -0.3 is 4.43 Å². The summed E-state index contributed by atoms with van der Waals surface area (Å²) >= 11 is 5.55. The van der Waals surface area contributed by atoms with Crippen molar-refractivity contribution >= 4 is 19.9 Å². The summed E-state index contributed by atoms with van der Waals surface area (Å²) in [5, 5.41) is 0. The maximum absolute atomic E-state index is 5.79. The Morgan fingerprint density at radius 3 is 2.27 bits per heavy atom. The Balaban J connectivity index is 3.55. The van der Waals surface area contributed by atoms with Crippen LogP contribution in [0.4, 0.5) is 0 Å². The van der Waals surface area contributed by atoms with Gasteiger partial charge in [-0.3, -0.25) is 0 Å². The van der Waals surface area contributed by atoms with Gasteiger partial charge in [-0.25, -0.2) is 0 Å². The highest BCUT2D eigenvalue weighted by molar-refractivity contribution is 6.72. The Bertz CT molecular complexity index is 104. The minimum Gasteiger partial charge on any atom is -0.417 e. The van der Waals surface area contributed by atoms with Crippen LogP contribution in [0.5, 0.6) is 0 Å². The molecule has 0 spiro atoms. The molecule has 0 saturated carbocycles. The number of halogens is 1. The summed E-state index contributed by atoms with van der Waals surface area (Å²) in [7, 11) is -1.38. The maximum atomic E-state index is 5.79. The molecule has 0 rings (SSSR count). The van der Waals surface area contributed by atoms with E-state index >= 15 is 0 Å². The SMILES string of the molecule is CC(C)[Si](C)(C)OCCCCl. The number of rotatable bonds is 5. The molecule has 0 amide bonds. The van der Waals surface area contributed by atoms with Crippen LogP contribution in [0.1, 0.15) is 20.3 Å². The smallest absolute Gasteiger partial charge is 0.189 e. The van der Waals surface area contributed by atoms with Gasteiger partial charge >= 0.3 is 0 Å². The molecule has 0 atom stereocenters. The minimum absolute atomic E-state index is 0.692. The van der Waals surface area contributed by atoms with Crippen LogP contribution in [0.2, 0.25) is 18.6 Å². The molecule has 0 radical (unpaired) electrons. The molecule has 0 heterocycles. The van der Waals surface area contributed by atoms with Crippen LogP contribution in [0, 0.1) is 0 Å². The lowest BCUT2D eigenvalue weighted by Gasteiger charge is -2.26. The van der Waals surface area contributed by atoms with Gasteiger partial charge in [-0.05, 0) is 25.1 Å². The first kappa shape index (κ1) is 11.5. The van der Waals surface area contributed by atoms with Gasteiger partial charge in [0.05, 0.1) is 0 Å². The second kappa shape index (κ2) is 5.17. The van der Waals surface area contributed by atoms with Crippen LogP contribution in [0.15, 0.2) is 0 Å². The summed E-state index contributed by atoms with van der Waals surface area (Å²) in [6.07, 6.45) is 0.977. The molecule has 0 aliphatic heterocycles. The summed E-state index contributed by atoms with van der Waals surface area (Å²) in [5.74, 6) is 0.711. The average Bonchev–Trinajstić information content (AvgIpc) is 1.88. The van der Waals surface area contributed by atoms with Crippen LogP contribution >= 0.6 is 11.6 Å². The second-order valence-electron chi connectivity index (χ2n) is 3.65. The van der Waals surface area contributed by atoms with Crippen molar-refractivity contribution in [1.29, 1.82) is 0 Å². The van der Waals surface area contributed by atoms with Gasteiger partial charge in [-0.1, -0.05) is 13.8 Å². The molecule has 0 aromatic heterocycles. The Morgan fingerprint density at radius 1 is 1.36 bits per heavy atom. The van der Waals surface area contributed by atoms with E-state index < -0.39 is 8.32 Å². The van der Waals surface area contributed by atoms with E-state index in [1.54, 1.807) is 0 Å². The zero-order chi connectivity index (χ0) is 8.91. The molecule has 0 fully saturated rings. The van der Waals surface area contributed by atoms with E-state index in [4.69, 9.17) is 16.0 Å². The normalized spacial score (nSPS) is 12.5. The third kappa shape index (κ3) is 4.83. The molecule has 1 nitrogen and oxygen atoms in total. The lowest BCUT2D eigenvalue weighted by molar-refractivity contribution is 0.302. The fraction of sp³-hybridized carbons (Fsp3) is 1.00.